The molecule has 0 unspecified atom stereocenters. The first-order chi connectivity index (χ1) is 19.0. The molecule has 39 heavy (non-hydrogen) atoms. The predicted molar refractivity (Wildman–Crippen MR) is 144 cm³/mol. The molecule has 3 aromatic rings. The molecule has 3 heterocycles. The van der Waals surface area contributed by atoms with E-state index in [4.69, 9.17) is 14.2 Å². The van der Waals surface area contributed by atoms with E-state index >= 15 is 0 Å². The number of thioether (sulfide) groups is 1. The number of nitrogens with zero attached hydrogens (tertiary/aromatic N) is 6. The first kappa shape index (κ1) is 27.3. The number of anilines is 2. The van der Waals surface area contributed by atoms with Gasteiger partial charge in [-0.15, -0.1) is 5.10 Å². The molecule has 2 saturated heterocycles. The summed E-state index contributed by atoms with van der Waals surface area (Å²) in [4.78, 5) is 15.3. The molecule has 1 N–H and O–H groups in total. The van der Waals surface area contributed by atoms with Crippen molar-refractivity contribution in [2.45, 2.75) is 10.1 Å². The number of hydrogen-bond acceptors (Lipinski definition) is 11. The normalized spacial score (nSPS) is 16.7. The van der Waals surface area contributed by atoms with E-state index in [0.717, 1.165) is 11.4 Å². The second-order valence-corrected chi connectivity index (χ2v) is 11.6. The van der Waals surface area contributed by atoms with Gasteiger partial charge in [-0.25, -0.2) is 8.42 Å². The molecule has 2 fully saturated rings. The van der Waals surface area contributed by atoms with Crippen LogP contribution in [0.5, 0.6) is 5.75 Å². The average molecular weight is 576 g/mol. The van der Waals surface area contributed by atoms with Crippen molar-refractivity contribution in [3.05, 3.63) is 42.5 Å². The zero-order valence-corrected chi connectivity index (χ0v) is 23.0. The lowest BCUT2D eigenvalue weighted by Gasteiger charge is -2.31. The number of methoxy groups -OCH3 is 1. The first-order valence-corrected chi connectivity index (χ1v) is 14.8. The lowest BCUT2D eigenvalue weighted by molar-refractivity contribution is -0.113. The molecular weight excluding hydrogens is 546 g/mol. The Morgan fingerprint density at radius 3 is 2.41 bits per heavy atom. The Morgan fingerprint density at radius 1 is 1.03 bits per heavy atom. The third-order valence-electron chi connectivity index (χ3n) is 6.29. The Hall–Kier alpha value is -3.24. The summed E-state index contributed by atoms with van der Waals surface area (Å²) in [7, 11) is -2.15. The topological polar surface area (TPSA) is 141 Å². The minimum atomic E-state index is -3.74. The Bertz CT molecular complexity index is 1390. The predicted octanol–water partition coefficient (Wildman–Crippen LogP) is 1.26. The van der Waals surface area contributed by atoms with Crippen LogP contribution in [0.25, 0.3) is 5.69 Å². The highest BCUT2D eigenvalue weighted by atomic mass is 32.2. The maximum absolute atomic E-state index is 13.3. The summed E-state index contributed by atoms with van der Waals surface area (Å²) < 4.78 is 45.5. The van der Waals surface area contributed by atoms with Gasteiger partial charge in [0.15, 0.2) is 0 Å². The number of sulfonamides is 1. The molecule has 5 rings (SSSR count). The lowest BCUT2D eigenvalue weighted by Crippen LogP contribution is -2.40. The third kappa shape index (κ3) is 6.33. The Labute approximate surface area is 230 Å². The van der Waals surface area contributed by atoms with E-state index in [1.807, 2.05) is 12.1 Å². The molecule has 1 aromatic heterocycles. The third-order valence-corrected chi connectivity index (χ3v) is 9.11. The molecule has 0 saturated carbocycles. The second-order valence-electron chi connectivity index (χ2n) is 8.70. The molecule has 2 aliphatic heterocycles. The average Bonchev–Trinajstić information content (AvgIpc) is 3.46. The summed E-state index contributed by atoms with van der Waals surface area (Å²) >= 11 is 1.17. The van der Waals surface area contributed by atoms with Crippen molar-refractivity contribution in [2.24, 2.45) is 0 Å². The molecule has 0 aliphatic carbocycles. The SMILES string of the molecule is COc1ccc(-n2nnnc2SCC(=O)Nc2cc(S(=O)(=O)N3CCOCC3)ccc2N2CCOCC2)cc1. The van der Waals surface area contributed by atoms with Crippen molar-refractivity contribution < 1.29 is 27.4 Å². The summed E-state index contributed by atoms with van der Waals surface area (Å²) in [6, 6.07) is 12.1. The minimum Gasteiger partial charge on any atom is -0.497 e. The van der Waals surface area contributed by atoms with Crippen LogP contribution in [-0.4, -0.2) is 104 Å². The van der Waals surface area contributed by atoms with Crippen LogP contribution in [0.2, 0.25) is 0 Å². The molecule has 0 atom stereocenters. The molecule has 208 valence electrons. The van der Waals surface area contributed by atoms with Gasteiger partial charge in [0.2, 0.25) is 21.1 Å². The fourth-order valence-electron chi connectivity index (χ4n) is 4.26. The fourth-order valence-corrected chi connectivity index (χ4v) is 6.39. The number of carbonyl (C=O) groups is 1. The Kier molecular flexibility index (Phi) is 8.62. The molecule has 2 aromatic carbocycles. The van der Waals surface area contributed by atoms with Gasteiger partial charge in [0.25, 0.3) is 0 Å². The van der Waals surface area contributed by atoms with Crippen LogP contribution in [0.4, 0.5) is 11.4 Å². The zero-order valence-electron chi connectivity index (χ0n) is 21.4. The molecule has 1 amide bonds. The van der Waals surface area contributed by atoms with Gasteiger partial charge in [-0.2, -0.15) is 8.99 Å². The van der Waals surface area contributed by atoms with Crippen LogP contribution >= 0.6 is 11.8 Å². The van der Waals surface area contributed by atoms with E-state index in [9.17, 15) is 13.2 Å². The fraction of sp³-hybridized carbons (Fsp3) is 0.417. The van der Waals surface area contributed by atoms with Crippen molar-refractivity contribution >= 4 is 39.1 Å². The van der Waals surface area contributed by atoms with Crippen molar-refractivity contribution in [1.82, 2.24) is 24.5 Å². The van der Waals surface area contributed by atoms with Gasteiger partial charge < -0.3 is 24.4 Å². The van der Waals surface area contributed by atoms with Crippen molar-refractivity contribution in [3.8, 4) is 11.4 Å². The standard InChI is InChI=1S/C24H29N7O6S2/c1-35-19-4-2-18(3-5-19)31-24(26-27-28-31)38-17-23(32)25-21-16-20(39(33,34)30-10-14-37-15-11-30)6-7-22(21)29-8-12-36-13-9-29/h2-7,16H,8-15,17H2,1H3,(H,25,32). The van der Waals surface area contributed by atoms with Crippen molar-refractivity contribution in [3.63, 3.8) is 0 Å². The minimum absolute atomic E-state index is 0.0134. The maximum Gasteiger partial charge on any atom is 0.243 e. The second kappa shape index (κ2) is 12.3. The van der Waals surface area contributed by atoms with Crippen LogP contribution in [0.3, 0.4) is 0 Å². The van der Waals surface area contributed by atoms with E-state index in [1.54, 1.807) is 31.4 Å². The van der Waals surface area contributed by atoms with Gasteiger partial charge in [0, 0.05) is 26.2 Å². The number of benzene rings is 2. The number of amides is 1. The van der Waals surface area contributed by atoms with Crippen LogP contribution in [-0.2, 0) is 24.3 Å². The molecule has 2 aliphatic rings. The van der Waals surface area contributed by atoms with Gasteiger partial charge in [-0.3, -0.25) is 4.79 Å². The largest absolute Gasteiger partial charge is 0.497 e. The Balaban J connectivity index is 1.34. The molecule has 0 bridgehead atoms. The summed E-state index contributed by atoms with van der Waals surface area (Å²) in [5.41, 5.74) is 1.88. The van der Waals surface area contributed by atoms with E-state index in [2.05, 4.69) is 25.7 Å². The number of hydrogen-bond donors (Lipinski definition) is 1. The molecular formula is C24H29N7O6S2. The highest BCUT2D eigenvalue weighted by Gasteiger charge is 2.28. The number of ether oxygens (including phenoxy) is 3. The molecule has 0 spiro atoms. The summed E-state index contributed by atoms with van der Waals surface area (Å²) in [6.07, 6.45) is 0. The summed E-state index contributed by atoms with van der Waals surface area (Å²) in [6.45, 7) is 3.62. The van der Waals surface area contributed by atoms with Gasteiger partial charge in [-0.1, -0.05) is 11.8 Å². The van der Waals surface area contributed by atoms with Crippen molar-refractivity contribution in [2.75, 3.05) is 75.7 Å². The number of aromatic nitrogens is 4. The summed E-state index contributed by atoms with van der Waals surface area (Å²) in [5, 5.41) is 15.2. The van der Waals surface area contributed by atoms with Crippen LogP contribution in [0.15, 0.2) is 52.5 Å². The van der Waals surface area contributed by atoms with Crippen LogP contribution in [0, 0.1) is 0 Å². The van der Waals surface area contributed by atoms with Gasteiger partial charge in [-0.05, 0) is 52.9 Å². The number of tetrazole rings is 1. The van der Waals surface area contributed by atoms with E-state index in [0.29, 0.717) is 56.1 Å². The lowest BCUT2D eigenvalue weighted by atomic mass is 10.2. The number of nitrogens with one attached hydrogen (secondary N) is 1. The molecule has 13 nitrogen and oxygen atoms in total. The zero-order chi connectivity index (χ0) is 27.2. The van der Waals surface area contributed by atoms with E-state index in [1.165, 1.54) is 26.8 Å². The highest BCUT2D eigenvalue weighted by Crippen LogP contribution is 2.31. The van der Waals surface area contributed by atoms with Crippen LogP contribution in [0.1, 0.15) is 0 Å². The van der Waals surface area contributed by atoms with Gasteiger partial charge in [0.05, 0.1) is 61.2 Å². The number of rotatable bonds is 9. The number of carbonyl (C=O) groups excluding carboxylic acids is 1. The monoisotopic (exact) mass is 575 g/mol. The quantitative estimate of drug-likeness (QED) is 0.369. The summed E-state index contributed by atoms with van der Waals surface area (Å²) in [5.74, 6) is 0.397. The molecule has 0 radical (unpaired) electrons. The van der Waals surface area contributed by atoms with Crippen LogP contribution < -0.4 is 15.0 Å². The maximum atomic E-state index is 13.3. The van der Waals surface area contributed by atoms with Gasteiger partial charge in [0.1, 0.15) is 5.75 Å². The van der Waals surface area contributed by atoms with E-state index in [-0.39, 0.29) is 29.6 Å². The highest BCUT2D eigenvalue weighted by molar-refractivity contribution is 7.99. The molecule has 15 heteroatoms. The number of morpholine rings is 2. The van der Waals surface area contributed by atoms with Crippen molar-refractivity contribution in [1.29, 1.82) is 0 Å². The smallest absolute Gasteiger partial charge is 0.243 e. The van der Waals surface area contributed by atoms with Gasteiger partial charge >= 0.3 is 0 Å². The first-order valence-electron chi connectivity index (χ1n) is 12.4. The van der Waals surface area contributed by atoms with E-state index < -0.39 is 10.0 Å². The Morgan fingerprint density at radius 2 is 1.72 bits per heavy atom.